The molecule has 5 rings (SSSR count). The van der Waals surface area contributed by atoms with Gasteiger partial charge in [-0.3, -0.25) is 0 Å². The van der Waals surface area contributed by atoms with Crippen molar-refractivity contribution in [2.24, 2.45) is 4.99 Å². The summed E-state index contributed by atoms with van der Waals surface area (Å²) in [6.45, 7) is 3.80. The van der Waals surface area contributed by atoms with Gasteiger partial charge < -0.3 is 9.88 Å². The molecule has 0 saturated heterocycles. The molecule has 0 unspecified atom stereocenters. The van der Waals surface area contributed by atoms with E-state index in [1.165, 1.54) is 0 Å². The number of nitrogens with zero attached hydrogens (tertiary/aromatic N) is 6. The average Bonchev–Trinajstić information content (AvgIpc) is 3.44. The van der Waals surface area contributed by atoms with Crippen molar-refractivity contribution in [2.75, 3.05) is 11.9 Å². The molecule has 0 aliphatic heterocycles. The van der Waals surface area contributed by atoms with Gasteiger partial charge in [0.1, 0.15) is 28.8 Å². The zero-order chi connectivity index (χ0) is 25.9. The van der Waals surface area contributed by atoms with Crippen LogP contribution in [0, 0.1) is 24.2 Å². The van der Waals surface area contributed by atoms with Gasteiger partial charge in [0.15, 0.2) is 5.82 Å². The summed E-state index contributed by atoms with van der Waals surface area (Å²) in [5, 5.41) is 9.24. The van der Waals surface area contributed by atoms with Crippen LogP contribution in [0.2, 0.25) is 0 Å². The number of anilines is 2. The van der Waals surface area contributed by atoms with Crippen molar-refractivity contribution in [1.29, 1.82) is 5.26 Å². The molecule has 37 heavy (non-hydrogen) atoms. The van der Waals surface area contributed by atoms with Gasteiger partial charge in [-0.25, -0.2) is 19.9 Å². The summed E-state index contributed by atoms with van der Waals surface area (Å²) in [5.74, 6) is 0.211. The number of benzene rings is 2. The lowest BCUT2D eigenvalue weighted by molar-refractivity contribution is 0.580. The lowest BCUT2D eigenvalue weighted by Crippen LogP contribution is -2.18. The van der Waals surface area contributed by atoms with Crippen LogP contribution in [0.15, 0.2) is 78.0 Å². The van der Waals surface area contributed by atoms with E-state index in [2.05, 4.69) is 15.0 Å². The van der Waals surface area contributed by atoms with Gasteiger partial charge in [0.05, 0.1) is 17.6 Å². The molecular weight excluding hydrogens is 465 g/mol. The zero-order valence-corrected chi connectivity index (χ0v) is 20.7. The molecule has 0 saturated carbocycles. The third-order valence-corrected chi connectivity index (χ3v) is 6.26. The number of aryl methyl sites for hydroxylation is 2. The molecule has 0 bridgehead atoms. The van der Waals surface area contributed by atoms with Crippen LogP contribution < -0.4 is 4.90 Å². The molecule has 0 radical (unpaired) electrons. The Labute approximate surface area is 214 Å². The van der Waals surface area contributed by atoms with E-state index in [0.29, 0.717) is 34.7 Å². The topological polar surface area (TPSA) is 93.9 Å². The van der Waals surface area contributed by atoms with Crippen molar-refractivity contribution in [1.82, 2.24) is 19.9 Å². The van der Waals surface area contributed by atoms with Gasteiger partial charge in [0.25, 0.3) is 0 Å². The Bertz CT molecular complexity index is 1610. The van der Waals surface area contributed by atoms with Crippen molar-refractivity contribution < 1.29 is 4.39 Å². The Balaban J connectivity index is 1.74. The minimum atomic E-state index is -0.721. The number of pyridine rings is 2. The maximum atomic E-state index is 15.2. The van der Waals surface area contributed by atoms with Crippen molar-refractivity contribution in [3.63, 3.8) is 0 Å². The number of aromatic amines is 1. The van der Waals surface area contributed by atoms with Crippen LogP contribution >= 0.6 is 0 Å². The minimum absolute atomic E-state index is 0.0413. The number of halogens is 1. The molecule has 3 heterocycles. The zero-order valence-electron chi connectivity index (χ0n) is 20.7. The summed E-state index contributed by atoms with van der Waals surface area (Å²) in [4.78, 5) is 23.1. The number of H-pyrrole nitrogens is 1. The lowest BCUT2D eigenvalue weighted by atomic mass is 10.0. The van der Waals surface area contributed by atoms with Crippen molar-refractivity contribution >= 4 is 34.1 Å². The first kappa shape index (κ1) is 23.8. The Morgan fingerprint density at radius 1 is 1.05 bits per heavy atom. The van der Waals surface area contributed by atoms with Gasteiger partial charge in [0, 0.05) is 23.7 Å². The van der Waals surface area contributed by atoms with E-state index >= 15 is 4.39 Å². The highest BCUT2D eigenvalue weighted by atomic mass is 19.1. The van der Waals surface area contributed by atoms with E-state index in [4.69, 9.17) is 9.98 Å². The van der Waals surface area contributed by atoms with Crippen LogP contribution in [0.5, 0.6) is 0 Å². The molecule has 3 aromatic heterocycles. The maximum Gasteiger partial charge on any atom is 0.238 e. The predicted octanol–water partition coefficient (Wildman–Crippen LogP) is 6.17. The Morgan fingerprint density at radius 3 is 2.30 bits per heavy atom. The Morgan fingerprint density at radius 2 is 1.70 bits per heavy atom. The molecular formula is C29H24FN7. The number of nitriles is 1. The van der Waals surface area contributed by atoms with Crippen LogP contribution in [0.3, 0.4) is 0 Å². The quantitative estimate of drug-likeness (QED) is 0.227. The molecule has 0 fully saturated rings. The number of imidazole rings is 1. The number of fused-ring (bicyclic) bond motifs is 1. The summed E-state index contributed by atoms with van der Waals surface area (Å²) >= 11 is 0. The highest BCUT2D eigenvalue weighted by Crippen LogP contribution is 2.36. The van der Waals surface area contributed by atoms with Gasteiger partial charge in [-0.05, 0) is 25.0 Å². The molecule has 0 aliphatic carbocycles. The summed E-state index contributed by atoms with van der Waals surface area (Å²) in [6.07, 6.45) is 2.13. The second-order valence-electron chi connectivity index (χ2n) is 8.53. The second kappa shape index (κ2) is 9.99. The van der Waals surface area contributed by atoms with Gasteiger partial charge in [0.2, 0.25) is 5.95 Å². The highest BCUT2D eigenvalue weighted by Gasteiger charge is 2.23. The first-order valence-electron chi connectivity index (χ1n) is 11.9. The SMILES string of the molecule is CCc1cc(C#N)nc(F)c1N(C)c1nc(N=C(c2ccccc2)c2ccccc2)c2[nH]cnc2c1C. The number of hydrogen-bond acceptors (Lipinski definition) is 6. The van der Waals surface area contributed by atoms with E-state index in [1.807, 2.05) is 80.6 Å². The van der Waals surface area contributed by atoms with E-state index in [0.717, 1.165) is 22.4 Å². The Kier molecular flexibility index (Phi) is 6.43. The van der Waals surface area contributed by atoms with Crippen molar-refractivity contribution in [3.05, 3.63) is 107 Å². The highest BCUT2D eigenvalue weighted by molar-refractivity contribution is 6.14. The third-order valence-electron chi connectivity index (χ3n) is 6.26. The number of aromatic nitrogens is 4. The molecule has 7 nitrogen and oxygen atoms in total. The number of hydrogen-bond donors (Lipinski definition) is 1. The Hall–Kier alpha value is -4.90. The van der Waals surface area contributed by atoms with E-state index in [9.17, 15) is 5.26 Å². The fraction of sp³-hybridized carbons (Fsp3) is 0.138. The third kappa shape index (κ3) is 4.43. The standard InChI is InChI=1S/C29H24FN7/c1-4-19-15-22(16-31)34-27(30)26(19)37(3)29-18(2)23-25(33-17-32-23)28(36-29)35-24(20-11-7-5-8-12-20)21-13-9-6-10-14-21/h5-15,17H,4H2,1-3H3,(H,32,33). The van der Waals surface area contributed by atoms with Gasteiger partial charge >= 0.3 is 0 Å². The van der Waals surface area contributed by atoms with E-state index in [1.54, 1.807) is 24.3 Å². The number of nitrogens with one attached hydrogen (secondary N) is 1. The van der Waals surface area contributed by atoms with Crippen LogP contribution in [0.4, 0.5) is 21.7 Å². The molecule has 1 N–H and O–H groups in total. The van der Waals surface area contributed by atoms with E-state index in [-0.39, 0.29) is 11.4 Å². The monoisotopic (exact) mass is 489 g/mol. The predicted molar refractivity (Wildman–Crippen MR) is 143 cm³/mol. The largest absolute Gasteiger partial charge is 0.341 e. The fourth-order valence-electron chi connectivity index (χ4n) is 4.44. The van der Waals surface area contributed by atoms with Crippen LogP contribution in [-0.2, 0) is 6.42 Å². The average molecular weight is 490 g/mol. The number of rotatable bonds is 6. The first-order valence-corrected chi connectivity index (χ1v) is 11.9. The van der Waals surface area contributed by atoms with E-state index < -0.39 is 5.95 Å². The minimum Gasteiger partial charge on any atom is -0.341 e. The fourth-order valence-corrected chi connectivity index (χ4v) is 4.44. The summed E-state index contributed by atoms with van der Waals surface area (Å²) in [5.41, 5.74) is 5.75. The van der Waals surface area contributed by atoms with Gasteiger partial charge in [-0.2, -0.15) is 9.65 Å². The first-order chi connectivity index (χ1) is 18.0. The van der Waals surface area contributed by atoms with Crippen LogP contribution in [-0.4, -0.2) is 32.7 Å². The second-order valence-corrected chi connectivity index (χ2v) is 8.53. The molecule has 2 aromatic carbocycles. The van der Waals surface area contributed by atoms with Crippen molar-refractivity contribution in [3.8, 4) is 6.07 Å². The van der Waals surface area contributed by atoms with Crippen molar-refractivity contribution in [2.45, 2.75) is 20.3 Å². The summed E-state index contributed by atoms with van der Waals surface area (Å²) in [6, 6.07) is 23.3. The maximum absolute atomic E-state index is 15.2. The smallest absolute Gasteiger partial charge is 0.238 e. The molecule has 8 heteroatoms. The van der Waals surface area contributed by atoms with Crippen LogP contribution in [0.1, 0.15) is 34.9 Å². The molecule has 0 amide bonds. The molecule has 182 valence electrons. The summed E-state index contributed by atoms with van der Waals surface area (Å²) < 4.78 is 15.2. The van der Waals surface area contributed by atoms with Crippen LogP contribution in [0.25, 0.3) is 11.0 Å². The molecule has 0 aliphatic rings. The lowest BCUT2D eigenvalue weighted by Gasteiger charge is -2.23. The molecule has 0 atom stereocenters. The number of aliphatic imine (C=N–C) groups is 1. The molecule has 0 spiro atoms. The molecule has 5 aromatic rings. The normalized spacial score (nSPS) is 10.8. The summed E-state index contributed by atoms with van der Waals surface area (Å²) in [7, 11) is 1.74. The van der Waals surface area contributed by atoms with Gasteiger partial charge in [-0.1, -0.05) is 67.6 Å². The van der Waals surface area contributed by atoms with Gasteiger partial charge in [-0.15, -0.1) is 0 Å².